The molecule has 1 N–H and O–H groups in total. The Morgan fingerprint density at radius 2 is 1.94 bits per heavy atom. The van der Waals surface area contributed by atoms with Crippen molar-refractivity contribution < 1.29 is 5.11 Å². The predicted molar refractivity (Wildman–Crippen MR) is 75.7 cm³/mol. The summed E-state index contributed by atoms with van der Waals surface area (Å²) in [6.07, 6.45) is 2.58. The fourth-order valence-corrected chi connectivity index (χ4v) is 2.86. The zero-order valence-electron chi connectivity index (χ0n) is 10.5. The average molecular weight is 298 g/mol. The van der Waals surface area contributed by atoms with Gasteiger partial charge in [-0.3, -0.25) is 0 Å². The number of rotatable bonds is 3. The largest absolute Gasteiger partial charge is 0.395 e. The van der Waals surface area contributed by atoms with Crippen LogP contribution >= 0.6 is 15.9 Å². The Morgan fingerprint density at radius 3 is 2.47 bits per heavy atom. The predicted octanol–water partition coefficient (Wildman–Crippen LogP) is 3.32. The first-order chi connectivity index (χ1) is 8.04. The van der Waals surface area contributed by atoms with Gasteiger partial charge in [0.05, 0.1) is 12.3 Å². The molecule has 0 atom stereocenters. The van der Waals surface area contributed by atoms with Gasteiger partial charge in [0.25, 0.3) is 0 Å². The molecular formula is C14H20BrNO. The van der Waals surface area contributed by atoms with Crippen LogP contribution in [-0.2, 0) is 5.41 Å². The lowest BCUT2D eigenvalue weighted by Gasteiger charge is -2.25. The van der Waals surface area contributed by atoms with Gasteiger partial charge in [0, 0.05) is 23.0 Å². The molecule has 0 saturated carbocycles. The Kier molecular flexibility index (Phi) is 3.79. The van der Waals surface area contributed by atoms with Gasteiger partial charge in [-0.1, -0.05) is 19.9 Å². The van der Waals surface area contributed by atoms with Crippen LogP contribution < -0.4 is 4.90 Å². The summed E-state index contributed by atoms with van der Waals surface area (Å²) in [7, 11) is 0. The van der Waals surface area contributed by atoms with E-state index in [9.17, 15) is 5.11 Å². The van der Waals surface area contributed by atoms with E-state index in [1.807, 2.05) is 0 Å². The number of hydrogen-bond acceptors (Lipinski definition) is 2. The van der Waals surface area contributed by atoms with Crippen LogP contribution in [0, 0.1) is 0 Å². The molecule has 1 aliphatic rings. The van der Waals surface area contributed by atoms with Gasteiger partial charge in [0.15, 0.2) is 0 Å². The smallest absolute Gasteiger partial charge is 0.0522 e. The Labute approximate surface area is 112 Å². The highest BCUT2D eigenvalue weighted by molar-refractivity contribution is 9.10. The van der Waals surface area contributed by atoms with Crippen LogP contribution in [0.25, 0.3) is 0 Å². The quantitative estimate of drug-likeness (QED) is 0.925. The molecule has 0 radical (unpaired) electrons. The molecule has 3 heteroatoms. The molecule has 1 saturated heterocycles. The summed E-state index contributed by atoms with van der Waals surface area (Å²) in [4.78, 5) is 2.42. The van der Waals surface area contributed by atoms with Crippen molar-refractivity contribution in [3.63, 3.8) is 0 Å². The highest BCUT2D eigenvalue weighted by atomic mass is 79.9. The molecule has 1 aromatic rings. The highest BCUT2D eigenvalue weighted by Gasteiger charge is 2.21. The summed E-state index contributed by atoms with van der Waals surface area (Å²) in [6, 6.07) is 6.45. The Morgan fingerprint density at radius 1 is 1.29 bits per heavy atom. The third kappa shape index (κ3) is 2.66. The highest BCUT2D eigenvalue weighted by Crippen LogP contribution is 2.33. The number of benzene rings is 1. The molecule has 0 amide bonds. The van der Waals surface area contributed by atoms with Crippen molar-refractivity contribution >= 4 is 21.6 Å². The minimum atomic E-state index is -0.175. The summed E-state index contributed by atoms with van der Waals surface area (Å²) >= 11 is 3.66. The van der Waals surface area contributed by atoms with Crippen molar-refractivity contribution in [2.24, 2.45) is 0 Å². The van der Waals surface area contributed by atoms with E-state index in [1.165, 1.54) is 24.1 Å². The van der Waals surface area contributed by atoms with Gasteiger partial charge in [-0.2, -0.15) is 0 Å². The van der Waals surface area contributed by atoms with Crippen molar-refractivity contribution in [3.05, 3.63) is 28.2 Å². The van der Waals surface area contributed by atoms with Crippen LogP contribution in [0.5, 0.6) is 0 Å². The molecule has 0 spiro atoms. The van der Waals surface area contributed by atoms with Crippen molar-refractivity contribution in [2.45, 2.75) is 32.1 Å². The van der Waals surface area contributed by atoms with Crippen LogP contribution in [0.2, 0.25) is 0 Å². The monoisotopic (exact) mass is 297 g/mol. The third-order valence-corrected chi connectivity index (χ3v) is 4.21. The van der Waals surface area contributed by atoms with E-state index in [1.54, 1.807) is 0 Å². The van der Waals surface area contributed by atoms with Crippen molar-refractivity contribution in [3.8, 4) is 0 Å². The molecule has 0 aliphatic carbocycles. The number of hydrogen-bond donors (Lipinski definition) is 1. The summed E-state index contributed by atoms with van der Waals surface area (Å²) < 4.78 is 1.14. The maximum atomic E-state index is 9.39. The van der Waals surface area contributed by atoms with Gasteiger partial charge in [-0.25, -0.2) is 0 Å². The van der Waals surface area contributed by atoms with E-state index in [2.05, 4.69) is 52.9 Å². The first kappa shape index (κ1) is 12.9. The standard InChI is InChI=1S/C14H20BrNO/c1-14(2,10-17)11-5-6-13(12(15)9-11)16-7-3-4-8-16/h5-6,9,17H,3-4,7-8,10H2,1-2H3. The van der Waals surface area contributed by atoms with Crippen LogP contribution in [0.4, 0.5) is 5.69 Å². The summed E-state index contributed by atoms with van der Waals surface area (Å²) in [6.45, 7) is 6.60. The van der Waals surface area contributed by atoms with E-state index < -0.39 is 0 Å². The van der Waals surface area contributed by atoms with Crippen LogP contribution in [0.1, 0.15) is 32.3 Å². The minimum absolute atomic E-state index is 0.169. The molecule has 0 aromatic heterocycles. The molecule has 2 nitrogen and oxygen atoms in total. The topological polar surface area (TPSA) is 23.5 Å². The summed E-state index contributed by atoms with van der Waals surface area (Å²) in [5.41, 5.74) is 2.28. The molecule has 0 bridgehead atoms. The second-order valence-corrected chi connectivity index (χ2v) is 6.26. The summed E-state index contributed by atoms with van der Waals surface area (Å²) in [5.74, 6) is 0. The number of anilines is 1. The minimum Gasteiger partial charge on any atom is -0.395 e. The molecule has 0 unspecified atom stereocenters. The lowest BCUT2D eigenvalue weighted by Crippen LogP contribution is -2.23. The van der Waals surface area contributed by atoms with Crippen LogP contribution in [-0.4, -0.2) is 24.8 Å². The number of halogens is 1. The Balaban J connectivity index is 2.28. The maximum absolute atomic E-state index is 9.39. The first-order valence-corrected chi connectivity index (χ1v) is 7.00. The van der Waals surface area contributed by atoms with Gasteiger partial charge < -0.3 is 10.0 Å². The van der Waals surface area contributed by atoms with Crippen LogP contribution in [0.3, 0.4) is 0 Å². The molecule has 1 aliphatic heterocycles. The maximum Gasteiger partial charge on any atom is 0.0522 e. The molecule has 17 heavy (non-hydrogen) atoms. The molecular weight excluding hydrogens is 278 g/mol. The summed E-state index contributed by atoms with van der Waals surface area (Å²) in [5, 5.41) is 9.39. The van der Waals surface area contributed by atoms with Gasteiger partial charge in [-0.15, -0.1) is 0 Å². The fourth-order valence-electron chi connectivity index (χ4n) is 2.23. The van der Waals surface area contributed by atoms with Gasteiger partial charge in [-0.05, 0) is 46.5 Å². The van der Waals surface area contributed by atoms with E-state index in [-0.39, 0.29) is 12.0 Å². The second kappa shape index (κ2) is 4.99. The lowest BCUT2D eigenvalue weighted by molar-refractivity contribution is 0.218. The van der Waals surface area contributed by atoms with Gasteiger partial charge >= 0.3 is 0 Å². The first-order valence-electron chi connectivity index (χ1n) is 6.20. The molecule has 1 aromatic carbocycles. The van der Waals surface area contributed by atoms with E-state index in [0.717, 1.165) is 17.6 Å². The van der Waals surface area contributed by atoms with Crippen LogP contribution in [0.15, 0.2) is 22.7 Å². The van der Waals surface area contributed by atoms with Gasteiger partial charge in [0.1, 0.15) is 0 Å². The second-order valence-electron chi connectivity index (χ2n) is 5.40. The average Bonchev–Trinajstić information content (AvgIpc) is 2.82. The van der Waals surface area contributed by atoms with Crippen molar-refractivity contribution in [2.75, 3.05) is 24.6 Å². The molecule has 2 rings (SSSR count). The molecule has 94 valence electrons. The van der Waals surface area contributed by atoms with E-state index in [0.29, 0.717) is 0 Å². The van der Waals surface area contributed by atoms with Crippen molar-refractivity contribution in [1.82, 2.24) is 0 Å². The van der Waals surface area contributed by atoms with E-state index in [4.69, 9.17) is 0 Å². The lowest BCUT2D eigenvalue weighted by atomic mass is 9.85. The Bertz CT molecular complexity index is 397. The Hall–Kier alpha value is -0.540. The number of nitrogens with zero attached hydrogens (tertiary/aromatic N) is 1. The SMILES string of the molecule is CC(C)(CO)c1ccc(N2CCCC2)c(Br)c1. The molecule has 1 fully saturated rings. The van der Waals surface area contributed by atoms with Crippen molar-refractivity contribution in [1.29, 1.82) is 0 Å². The fraction of sp³-hybridized carbons (Fsp3) is 0.571. The number of aliphatic hydroxyl groups excluding tert-OH is 1. The normalized spacial score (nSPS) is 16.6. The van der Waals surface area contributed by atoms with E-state index >= 15 is 0 Å². The number of aliphatic hydroxyl groups is 1. The zero-order chi connectivity index (χ0) is 12.5. The van der Waals surface area contributed by atoms with Gasteiger partial charge in [0.2, 0.25) is 0 Å². The molecule has 1 heterocycles. The third-order valence-electron chi connectivity index (χ3n) is 3.57. The zero-order valence-corrected chi connectivity index (χ0v) is 12.1.